The maximum Gasteiger partial charge on any atom is 0.309 e. The summed E-state index contributed by atoms with van der Waals surface area (Å²) in [5.41, 5.74) is 11.1. The van der Waals surface area contributed by atoms with Gasteiger partial charge in [0.15, 0.2) is 0 Å². The van der Waals surface area contributed by atoms with Crippen LogP contribution in [0, 0.1) is 11.8 Å². The summed E-state index contributed by atoms with van der Waals surface area (Å²) in [4.78, 5) is 11.7. The van der Waals surface area contributed by atoms with E-state index in [0.717, 1.165) is 6.42 Å². The van der Waals surface area contributed by atoms with Crippen LogP contribution in [0.15, 0.2) is 0 Å². The molecule has 0 aromatic heterocycles. The zero-order valence-corrected chi connectivity index (χ0v) is 9.82. The second kappa shape index (κ2) is 4.49. The minimum atomic E-state index is -0.415. The molecule has 0 aromatic rings. The maximum absolute atomic E-state index is 11.7. The molecule has 0 unspecified atom stereocenters. The van der Waals surface area contributed by atoms with Gasteiger partial charge in [-0.05, 0) is 46.1 Å². The molecule has 0 bridgehead atoms. The predicted molar refractivity (Wildman–Crippen MR) is 59.1 cm³/mol. The summed E-state index contributed by atoms with van der Waals surface area (Å²) in [6.07, 6.45) is 1.48. The van der Waals surface area contributed by atoms with Crippen LogP contribution in [0.5, 0.6) is 0 Å². The number of carbonyl (C=O) groups excluding carboxylic acids is 1. The Morgan fingerprint density at radius 2 is 2.00 bits per heavy atom. The molecule has 4 N–H and O–H groups in total. The molecule has 0 heterocycles. The lowest BCUT2D eigenvalue weighted by molar-refractivity contribution is -0.159. The first-order chi connectivity index (χ1) is 6.83. The van der Waals surface area contributed by atoms with E-state index in [9.17, 15) is 4.79 Å². The predicted octanol–water partition coefficient (Wildman–Crippen LogP) is 0.640. The first-order valence-corrected chi connectivity index (χ1v) is 5.52. The van der Waals surface area contributed by atoms with Crippen LogP contribution >= 0.6 is 0 Å². The van der Waals surface area contributed by atoms with Gasteiger partial charge in [0.25, 0.3) is 0 Å². The average molecular weight is 214 g/mol. The third-order valence-electron chi connectivity index (χ3n) is 2.79. The smallest absolute Gasteiger partial charge is 0.309 e. The molecular weight excluding hydrogens is 192 g/mol. The molecule has 0 aromatic carbocycles. The number of rotatable bonds is 2. The summed E-state index contributed by atoms with van der Waals surface area (Å²) >= 11 is 0. The molecule has 4 heteroatoms. The number of carbonyl (C=O) groups is 1. The van der Waals surface area contributed by atoms with E-state index in [4.69, 9.17) is 16.2 Å². The Hall–Kier alpha value is -0.610. The minimum absolute atomic E-state index is 0.0486. The summed E-state index contributed by atoms with van der Waals surface area (Å²) in [5.74, 6) is 0.0733. The number of esters is 1. The zero-order chi connectivity index (χ0) is 11.6. The van der Waals surface area contributed by atoms with Crippen LogP contribution in [0.1, 0.15) is 33.6 Å². The molecule has 0 saturated heterocycles. The standard InChI is InChI=1S/C11H22N2O2/c1-11(2,3)15-10(14)7-4-8(6-12)9(13)5-7/h7-9H,4-6,12-13H2,1-3H3/t7-,8-,9+/m0/s1. The lowest BCUT2D eigenvalue weighted by Crippen LogP contribution is -2.30. The molecule has 0 radical (unpaired) electrons. The Bertz CT molecular complexity index is 235. The Labute approximate surface area is 91.3 Å². The molecule has 1 fully saturated rings. The maximum atomic E-state index is 11.7. The van der Waals surface area contributed by atoms with E-state index >= 15 is 0 Å². The van der Waals surface area contributed by atoms with Crippen LogP contribution in [0.3, 0.4) is 0 Å². The number of ether oxygens (including phenoxy) is 1. The first kappa shape index (κ1) is 12.5. The van der Waals surface area contributed by atoms with E-state index in [0.29, 0.717) is 13.0 Å². The Kier molecular flexibility index (Phi) is 3.73. The summed E-state index contributed by atoms with van der Waals surface area (Å²) in [6.45, 7) is 6.18. The highest BCUT2D eigenvalue weighted by molar-refractivity contribution is 5.73. The molecule has 1 saturated carbocycles. The highest BCUT2D eigenvalue weighted by Gasteiger charge is 2.37. The third-order valence-corrected chi connectivity index (χ3v) is 2.79. The Morgan fingerprint density at radius 3 is 2.40 bits per heavy atom. The molecule has 0 aliphatic heterocycles. The topological polar surface area (TPSA) is 78.3 Å². The van der Waals surface area contributed by atoms with Gasteiger partial charge in [-0.15, -0.1) is 0 Å². The van der Waals surface area contributed by atoms with Crippen molar-refractivity contribution in [3.8, 4) is 0 Å². The van der Waals surface area contributed by atoms with Gasteiger partial charge < -0.3 is 16.2 Å². The van der Waals surface area contributed by atoms with Gasteiger partial charge in [-0.25, -0.2) is 0 Å². The van der Waals surface area contributed by atoms with Crippen molar-refractivity contribution in [2.45, 2.75) is 45.3 Å². The van der Waals surface area contributed by atoms with Gasteiger partial charge in [0.1, 0.15) is 5.60 Å². The van der Waals surface area contributed by atoms with Crippen LogP contribution in [-0.4, -0.2) is 24.2 Å². The van der Waals surface area contributed by atoms with E-state index in [-0.39, 0.29) is 23.8 Å². The number of hydrogen-bond acceptors (Lipinski definition) is 4. The normalized spacial score (nSPS) is 31.7. The molecule has 1 aliphatic rings. The molecule has 3 atom stereocenters. The van der Waals surface area contributed by atoms with Crippen molar-refractivity contribution in [2.75, 3.05) is 6.54 Å². The molecule has 1 rings (SSSR count). The number of hydrogen-bond donors (Lipinski definition) is 2. The van der Waals surface area contributed by atoms with Crippen LogP contribution in [-0.2, 0) is 9.53 Å². The average Bonchev–Trinajstić information content (AvgIpc) is 2.43. The van der Waals surface area contributed by atoms with Gasteiger partial charge in [0, 0.05) is 6.04 Å². The quantitative estimate of drug-likeness (QED) is 0.661. The highest BCUT2D eigenvalue weighted by atomic mass is 16.6. The fourth-order valence-corrected chi connectivity index (χ4v) is 2.01. The summed E-state index contributed by atoms with van der Waals surface area (Å²) in [5, 5.41) is 0. The Morgan fingerprint density at radius 1 is 1.40 bits per heavy atom. The SMILES string of the molecule is CC(C)(C)OC(=O)[C@H]1C[C@@H](CN)[C@H](N)C1. The van der Waals surface area contributed by atoms with Crippen molar-refractivity contribution in [2.24, 2.45) is 23.3 Å². The van der Waals surface area contributed by atoms with E-state index < -0.39 is 5.60 Å². The molecule has 1 aliphatic carbocycles. The van der Waals surface area contributed by atoms with Gasteiger partial charge in [0.05, 0.1) is 5.92 Å². The molecular formula is C11H22N2O2. The third kappa shape index (κ3) is 3.47. The minimum Gasteiger partial charge on any atom is -0.460 e. The van der Waals surface area contributed by atoms with Gasteiger partial charge in [-0.1, -0.05) is 0 Å². The summed E-state index contributed by atoms with van der Waals surface area (Å²) in [6, 6.07) is 0.0486. The second-order valence-corrected chi connectivity index (χ2v) is 5.36. The van der Waals surface area contributed by atoms with E-state index in [1.807, 2.05) is 20.8 Å². The van der Waals surface area contributed by atoms with Crippen LogP contribution in [0.2, 0.25) is 0 Å². The molecule has 88 valence electrons. The highest BCUT2D eigenvalue weighted by Crippen LogP contribution is 2.31. The van der Waals surface area contributed by atoms with Crippen molar-refractivity contribution in [1.29, 1.82) is 0 Å². The first-order valence-electron chi connectivity index (χ1n) is 5.52. The van der Waals surface area contributed by atoms with Crippen molar-refractivity contribution in [3.63, 3.8) is 0 Å². The van der Waals surface area contributed by atoms with Crippen molar-refractivity contribution >= 4 is 5.97 Å². The fraction of sp³-hybridized carbons (Fsp3) is 0.909. The monoisotopic (exact) mass is 214 g/mol. The van der Waals surface area contributed by atoms with E-state index in [2.05, 4.69) is 0 Å². The fourth-order valence-electron chi connectivity index (χ4n) is 2.01. The zero-order valence-electron chi connectivity index (χ0n) is 9.82. The van der Waals surface area contributed by atoms with Gasteiger partial charge >= 0.3 is 5.97 Å². The van der Waals surface area contributed by atoms with E-state index in [1.165, 1.54) is 0 Å². The Balaban J connectivity index is 2.50. The summed E-state index contributed by atoms with van der Waals surface area (Å²) < 4.78 is 5.33. The lowest BCUT2D eigenvalue weighted by Gasteiger charge is -2.22. The molecule has 0 spiro atoms. The largest absolute Gasteiger partial charge is 0.460 e. The van der Waals surface area contributed by atoms with E-state index in [1.54, 1.807) is 0 Å². The summed E-state index contributed by atoms with van der Waals surface area (Å²) in [7, 11) is 0. The number of nitrogens with two attached hydrogens (primary N) is 2. The van der Waals surface area contributed by atoms with Gasteiger partial charge in [-0.3, -0.25) is 4.79 Å². The van der Waals surface area contributed by atoms with Gasteiger partial charge in [0.2, 0.25) is 0 Å². The molecule has 0 amide bonds. The van der Waals surface area contributed by atoms with Crippen LogP contribution in [0.25, 0.3) is 0 Å². The van der Waals surface area contributed by atoms with Crippen LogP contribution in [0.4, 0.5) is 0 Å². The van der Waals surface area contributed by atoms with Crippen molar-refractivity contribution < 1.29 is 9.53 Å². The van der Waals surface area contributed by atoms with Crippen molar-refractivity contribution in [3.05, 3.63) is 0 Å². The van der Waals surface area contributed by atoms with Crippen molar-refractivity contribution in [1.82, 2.24) is 0 Å². The van der Waals surface area contributed by atoms with Crippen LogP contribution < -0.4 is 11.5 Å². The van der Waals surface area contributed by atoms with Gasteiger partial charge in [-0.2, -0.15) is 0 Å². The molecule has 15 heavy (non-hydrogen) atoms. The molecule has 4 nitrogen and oxygen atoms in total. The second-order valence-electron chi connectivity index (χ2n) is 5.36. The lowest BCUT2D eigenvalue weighted by atomic mass is 10.0.